The van der Waals surface area contributed by atoms with Crippen molar-refractivity contribution in [3.8, 4) is 0 Å². The molecule has 0 aliphatic carbocycles. The standard InChI is InChI=1S/C20H25NO/c1-17-13-15-19(16-14-17)21(2)20(22)12-8-4-7-11-18-9-5-3-6-10-18/h3,5-6,9-10,13-16H,4,7-8,11-12H2,1-2H3. The first-order valence-electron chi connectivity index (χ1n) is 8.04. The summed E-state index contributed by atoms with van der Waals surface area (Å²) >= 11 is 0. The van der Waals surface area contributed by atoms with E-state index in [1.807, 2.05) is 37.4 Å². The van der Waals surface area contributed by atoms with E-state index in [4.69, 9.17) is 0 Å². The second kappa shape index (κ2) is 8.38. The van der Waals surface area contributed by atoms with Gasteiger partial charge in [-0.05, 0) is 43.9 Å². The van der Waals surface area contributed by atoms with E-state index in [9.17, 15) is 4.79 Å². The van der Waals surface area contributed by atoms with Gasteiger partial charge in [0.1, 0.15) is 0 Å². The second-order valence-electron chi connectivity index (χ2n) is 5.83. The fourth-order valence-electron chi connectivity index (χ4n) is 2.51. The number of rotatable bonds is 7. The lowest BCUT2D eigenvalue weighted by molar-refractivity contribution is -0.118. The highest BCUT2D eigenvalue weighted by Crippen LogP contribution is 2.15. The first-order chi connectivity index (χ1) is 10.7. The molecule has 2 heteroatoms. The molecule has 0 atom stereocenters. The van der Waals surface area contributed by atoms with E-state index in [1.165, 1.54) is 11.1 Å². The summed E-state index contributed by atoms with van der Waals surface area (Å²) in [5, 5.41) is 0. The van der Waals surface area contributed by atoms with Crippen LogP contribution in [0.25, 0.3) is 0 Å². The van der Waals surface area contributed by atoms with Gasteiger partial charge in [0.25, 0.3) is 0 Å². The van der Waals surface area contributed by atoms with Crippen LogP contribution in [0, 0.1) is 6.92 Å². The zero-order valence-electron chi connectivity index (χ0n) is 13.6. The molecular weight excluding hydrogens is 270 g/mol. The third-order valence-corrected chi connectivity index (χ3v) is 3.99. The maximum Gasteiger partial charge on any atom is 0.226 e. The second-order valence-corrected chi connectivity index (χ2v) is 5.83. The Balaban J connectivity index is 1.68. The summed E-state index contributed by atoms with van der Waals surface area (Å²) in [5.74, 6) is 0.198. The first-order valence-corrected chi connectivity index (χ1v) is 8.04. The van der Waals surface area contributed by atoms with E-state index >= 15 is 0 Å². The molecule has 0 heterocycles. The molecule has 0 radical (unpaired) electrons. The van der Waals surface area contributed by atoms with Crippen molar-refractivity contribution in [1.82, 2.24) is 0 Å². The first kappa shape index (κ1) is 16.3. The zero-order chi connectivity index (χ0) is 15.8. The third-order valence-electron chi connectivity index (χ3n) is 3.99. The van der Waals surface area contributed by atoms with Gasteiger partial charge in [-0.3, -0.25) is 4.79 Å². The number of carbonyl (C=O) groups is 1. The minimum absolute atomic E-state index is 0.198. The van der Waals surface area contributed by atoms with Crippen molar-refractivity contribution in [2.24, 2.45) is 0 Å². The summed E-state index contributed by atoms with van der Waals surface area (Å²) in [7, 11) is 1.86. The van der Waals surface area contributed by atoms with E-state index in [2.05, 4.69) is 31.2 Å². The van der Waals surface area contributed by atoms with Gasteiger partial charge in [0.2, 0.25) is 5.91 Å². The van der Waals surface area contributed by atoms with Crippen LogP contribution in [-0.4, -0.2) is 13.0 Å². The molecule has 0 bridgehead atoms. The minimum Gasteiger partial charge on any atom is -0.316 e. The summed E-state index contributed by atoms with van der Waals surface area (Å²) in [6.07, 6.45) is 4.93. The fraction of sp³-hybridized carbons (Fsp3) is 0.350. The van der Waals surface area contributed by atoms with Crippen LogP contribution in [0.2, 0.25) is 0 Å². The van der Waals surface area contributed by atoms with Crippen LogP contribution >= 0.6 is 0 Å². The molecule has 0 saturated heterocycles. The summed E-state index contributed by atoms with van der Waals surface area (Å²) in [4.78, 5) is 13.9. The molecule has 2 aromatic carbocycles. The number of anilines is 1. The molecule has 2 aromatic rings. The Morgan fingerprint density at radius 1 is 0.909 bits per heavy atom. The number of unbranched alkanes of at least 4 members (excludes halogenated alkanes) is 2. The molecule has 116 valence electrons. The molecule has 0 spiro atoms. The molecular formula is C20H25NO. The topological polar surface area (TPSA) is 20.3 Å². The van der Waals surface area contributed by atoms with Crippen LogP contribution in [0.4, 0.5) is 5.69 Å². The highest BCUT2D eigenvalue weighted by molar-refractivity contribution is 5.92. The fourth-order valence-corrected chi connectivity index (χ4v) is 2.51. The molecule has 0 unspecified atom stereocenters. The lowest BCUT2D eigenvalue weighted by Crippen LogP contribution is -2.25. The number of nitrogens with zero attached hydrogens (tertiary/aromatic N) is 1. The minimum atomic E-state index is 0.198. The van der Waals surface area contributed by atoms with E-state index in [0.717, 1.165) is 31.4 Å². The molecule has 0 saturated carbocycles. The lowest BCUT2D eigenvalue weighted by Gasteiger charge is -2.17. The quantitative estimate of drug-likeness (QED) is 0.674. The van der Waals surface area contributed by atoms with E-state index < -0.39 is 0 Å². The molecule has 2 nitrogen and oxygen atoms in total. The molecule has 2 rings (SSSR count). The number of aryl methyl sites for hydroxylation is 2. The normalized spacial score (nSPS) is 10.5. The Hall–Kier alpha value is -2.09. The van der Waals surface area contributed by atoms with Crippen LogP contribution in [0.1, 0.15) is 36.8 Å². The van der Waals surface area contributed by atoms with Gasteiger partial charge in [-0.1, -0.05) is 54.4 Å². The summed E-state index contributed by atoms with van der Waals surface area (Å²) in [6.45, 7) is 2.05. The molecule has 0 aliphatic rings. The summed E-state index contributed by atoms with van der Waals surface area (Å²) in [5.41, 5.74) is 3.57. The molecule has 0 fully saturated rings. The Bertz CT molecular complexity index is 574. The average molecular weight is 295 g/mol. The monoisotopic (exact) mass is 295 g/mol. The van der Waals surface area contributed by atoms with Crippen molar-refractivity contribution < 1.29 is 4.79 Å². The van der Waals surface area contributed by atoms with Gasteiger partial charge in [-0.15, -0.1) is 0 Å². The zero-order valence-corrected chi connectivity index (χ0v) is 13.6. The number of hydrogen-bond donors (Lipinski definition) is 0. The molecule has 0 aliphatic heterocycles. The SMILES string of the molecule is Cc1ccc(N(C)C(=O)CCCCCc2ccccc2)cc1. The summed E-state index contributed by atoms with van der Waals surface area (Å²) < 4.78 is 0. The van der Waals surface area contributed by atoms with Crippen molar-refractivity contribution >= 4 is 11.6 Å². The van der Waals surface area contributed by atoms with Crippen molar-refractivity contribution in [3.63, 3.8) is 0 Å². The lowest BCUT2D eigenvalue weighted by atomic mass is 10.1. The van der Waals surface area contributed by atoms with Crippen LogP contribution in [0.15, 0.2) is 54.6 Å². The number of hydrogen-bond acceptors (Lipinski definition) is 1. The molecule has 1 amide bonds. The Morgan fingerprint density at radius 3 is 2.27 bits per heavy atom. The van der Waals surface area contributed by atoms with E-state index in [-0.39, 0.29) is 5.91 Å². The van der Waals surface area contributed by atoms with E-state index in [1.54, 1.807) is 4.90 Å². The van der Waals surface area contributed by atoms with Crippen molar-refractivity contribution in [1.29, 1.82) is 0 Å². The predicted octanol–water partition coefficient (Wildman–Crippen LogP) is 4.76. The molecule has 0 N–H and O–H groups in total. The van der Waals surface area contributed by atoms with Crippen molar-refractivity contribution in [3.05, 3.63) is 65.7 Å². The van der Waals surface area contributed by atoms with Crippen LogP contribution in [0.5, 0.6) is 0 Å². The predicted molar refractivity (Wildman–Crippen MR) is 93.2 cm³/mol. The number of amides is 1. The maximum absolute atomic E-state index is 12.2. The highest BCUT2D eigenvalue weighted by atomic mass is 16.2. The number of carbonyl (C=O) groups excluding carboxylic acids is 1. The van der Waals surface area contributed by atoms with E-state index in [0.29, 0.717) is 6.42 Å². The van der Waals surface area contributed by atoms with Gasteiger partial charge in [-0.2, -0.15) is 0 Å². The Labute approximate surface area is 133 Å². The van der Waals surface area contributed by atoms with Gasteiger partial charge in [-0.25, -0.2) is 0 Å². The van der Waals surface area contributed by atoms with Gasteiger partial charge in [0, 0.05) is 19.2 Å². The largest absolute Gasteiger partial charge is 0.316 e. The van der Waals surface area contributed by atoms with Gasteiger partial charge < -0.3 is 4.90 Å². The summed E-state index contributed by atoms with van der Waals surface area (Å²) in [6, 6.07) is 18.6. The Kier molecular flexibility index (Phi) is 6.20. The third kappa shape index (κ3) is 5.03. The Morgan fingerprint density at radius 2 is 1.59 bits per heavy atom. The van der Waals surface area contributed by atoms with Crippen LogP contribution in [0.3, 0.4) is 0 Å². The highest BCUT2D eigenvalue weighted by Gasteiger charge is 2.09. The van der Waals surface area contributed by atoms with Crippen LogP contribution < -0.4 is 4.90 Å². The van der Waals surface area contributed by atoms with Gasteiger partial charge in [0.05, 0.1) is 0 Å². The van der Waals surface area contributed by atoms with Gasteiger partial charge in [0.15, 0.2) is 0 Å². The van der Waals surface area contributed by atoms with Crippen LogP contribution in [-0.2, 0) is 11.2 Å². The van der Waals surface area contributed by atoms with Crippen molar-refractivity contribution in [2.45, 2.75) is 39.0 Å². The molecule has 0 aromatic heterocycles. The average Bonchev–Trinajstić information content (AvgIpc) is 2.55. The molecule has 22 heavy (non-hydrogen) atoms. The smallest absolute Gasteiger partial charge is 0.226 e. The number of benzene rings is 2. The van der Waals surface area contributed by atoms with Gasteiger partial charge >= 0.3 is 0 Å². The maximum atomic E-state index is 12.2. The van der Waals surface area contributed by atoms with Crippen molar-refractivity contribution in [2.75, 3.05) is 11.9 Å².